The van der Waals surface area contributed by atoms with Gasteiger partial charge >= 0.3 is 0 Å². The molecular formula is C33H40N4O2. The van der Waals surface area contributed by atoms with Crippen molar-refractivity contribution in [2.75, 3.05) is 74.2 Å². The zero-order chi connectivity index (χ0) is 26.8. The lowest BCUT2D eigenvalue weighted by molar-refractivity contribution is 0.0974. The number of morpholine rings is 1. The molecule has 0 spiro atoms. The summed E-state index contributed by atoms with van der Waals surface area (Å²) in [6, 6.07) is 23.2. The van der Waals surface area contributed by atoms with Gasteiger partial charge in [0.05, 0.1) is 13.2 Å². The number of amides is 1. The quantitative estimate of drug-likeness (QED) is 0.480. The second-order valence-corrected chi connectivity index (χ2v) is 11.2. The number of anilines is 3. The lowest BCUT2D eigenvalue weighted by atomic mass is 9.83. The Morgan fingerprint density at radius 3 is 2.26 bits per heavy atom. The molecule has 3 aliphatic rings. The minimum absolute atomic E-state index is 0.0805. The van der Waals surface area contributed by atoms with Gasteiger partial charge in [-0.1, -0.05) is 24.3 Å². The molecule has 39 heavy (non-hydrogen) atoms. The Labute approximate surface area is 232 Å². The van der Waals surface area contributed by atoms with E-state index in [1.807, 2.05) is 30.3 Å². The van der Waals surface area contributed by atoms with Crippen LogP contribution >= 0.6 is 0 Å². The molecule has 2 fully saturated rings. The Morgan fingerprint density at radius 1 is 0.821 bits per heavy atom. The summed E-state index contributed by atoms with van der Waals surface area (Å²) in [5.41, 5.74) is 8.53. The summed E-state index contributed by atoms with van der Waals surface area (Å²) in [6.07, 6.45) is 2.84. The molecule has 0 bridgehead atoms. The number of rotatable bonds is 5. The summed E-state index contributed by atoms with van der Waals surface area (Å²) in [5.74, 6) is 0.0805. The minimum atomic E-state index is 0.0805. The number of carbonyl (C=O) groups is 1. The number of aryl methyl sites for hydroxylation is 1. The van der Waals surface area contributed by atoms with Crippen LogP contribution < -0.4 is 14.7 Å². The number of para-hydroxylation sites is 1. The highest BCUT2D eigenvalue weighted by molar-refractivity contribution is 6.06. The van der Waals surface area contributed by atoms with Crippen molar-refractivity contribution in [2.45, 2.75) is 32.2 Å². The molecule has 1 atom stereocenters. The number of hydrogen-bond acceptors (Lipinski definition) is 5. The highest BCUT2D eigenvalue weighted by Crippen LogP contribution is 2.36. The summed E-state index contributed by atoms with van der Waals surface area (Å²) in [4.78, 5) is 23.6. The fourth-order valence-corrected chi connectivity index (χ4v) is 6.44. The third-order valence-electron chi connectivity index (χ3n) is 8.76. The molecular weight excluding hydrogens is 484 g/mol. The maximum Gasteiger partial charge on any atom is 0.258 e. The first-order chi connectivity index (χ1) is 19.1. The fraction of sp³-hybridized carbons (Fsp3) is 0.424. The Morgan fingerprint density at radius 2 is 1.54 bits per heavy atom. The van der Waals surface area contributed by atoms with E-state index in [4.69, 9.17) is 4.74 Å². The molecule has 6 nitrogen and oxygen atoms in total. The van der Waals surface area contributed by atoms with E-state index in [-0.39, 0.29) is 11.9 Å². The van der Waals surface area contributed by atoms with E-state index in [9.17, 15) is 4.79 Å². The highest BCUT2D eigenvalue weighted by Gasteiger charge is 2.32. The average molecular weight is 525 g/mol. The molecule has 0 N–H and O–H groups in total. The number of hydrogen-bond donors (Lipinski definition) is 0. The second-order valence-electron chi connectivity index (χ2n) is 11.2. The molecule has 6 heteroatoms. The molecule has 204 valence electrons. The fourth-order valence-electron chi connectivity index (χ4n) is 6.44. The average Bonchev–Trinajstić information content (AvgIpc) is 2.99. The largest absolute Gasteiger partial charge is 0.378 e. The summed E-state index contributed by atoms with van der Waals surface area (Å²) >= 11 is 0. The highest BCUT2D eigenvalue weighted by atomic mass is 16.5. The van der Waals surface area contributed by atoms with E-state index in [0.717, 1.165) is 88.7 Å². The van der Waals surface area contributed by atoms with Gasteiger partial charge in [-0.15, -0.1) is 0 Å². The van der Waals surface area contributed by atoms with Crippen molar-refractivity contribution >= 4 is 23.0 Å². The first-order valence-corrected chi connectivity index (χ1v) is 14.4. The van der Waals surface area contributed by atoms with Gasteiger partial charge < -0.3 is 24.3 Å². The Balaban J connectivity index is 1.30. The molecule has 0 unspecified atom stereocenters. The predicted molar refractivity (Wildman–Crippen MR) is 159 cm³/mol. The van der Waals surface area contributed by atoms with Crippen LogP contribution in [0.5, 0.6) is 0 Å². The first kappa shape index (κ1) is 25.9. The molecule has 6 rings (SSSR count). The van der Waals surface area contributed by atoms with E-state index in [0.29, 0.717) is 0 Å². The SMILES string of the molecule is Cc1ccc(N2CCN(C)CC2)c2c1CC[C@@H](N(C(=O)c1ccc(N3CCOCC3)cc1)c1ccccc1)C2. The molecule has 3 aromatic carbocycles. The number of carbonyl (C=O) groups excluding carboxylic acids is 1. The number of likely N-dealkylation sites (N-methyl/N-ethyl adjacent to an activating group) is 1. The summed E-state index contributed by atoms with van der Waals surface area (Å²) in [5, 5.41) is 0. The standard InChI is InChI=1S/C33H40N4O2/c1-25-8-15-32(36-18-16-34(2)17-19-36)31-24-29(13-14-30(25)31)37(28-6-4-3-5-7-28)33(38)26-9-11-27(12-10-26)35-20-22-39-23-21-35/h3-12,15,29H,13-14,16-24H2,1-2H3/t29-/m1/s1. The molecule has 2 aliphatic heterocycles. The van der Waals surface area contributed by atoms with Crippen LogP contribution in [0.1, 0.15) is 33.5 Å². The lowest BCUT2D eigenvalue weighted by Crippen LogP contribution is -2.46. The van der Waals surface area contributed by atoms with E-state index in [1.54, 1.807) is 0 Å². The van der Waals surface area contributed by atoms with Crippen LogP contribution in [-0.2, 0) is 17.6 Å². The number of nitrogens with zero attached hydrogens (tertiary/aromatic N) is 4. The number of fused-ring (bicyclic) bond motifs is 1. The predicted octanol–water partition coefficient (Wildman–Crippen LogP) is 4.79. The molecule has 0 aromatic heterocycles. The van der Waals surface area contributed by atoms with Crippen molar-refractivity contribution in [3.05, 3.63) is 89.0 Å². The van der Waals surface area contributed by atoms with E-state index in [1.165, 1.54) is 22.4 Å². The lowest BCUT2D eigenvalue weighted by Gasteiger charge is -2.40. The maximum absolute atomic E-state index is 14.2. The van der Waals surface area contributed by atoms with Gasteiger partial charge in [0.25, 0.3) is 5.91 Å². The van der Waals surface area contributed by atoms with Gasteiger partial charge in [-0.05, 0) is 92.4 Å². The van der Waals surface area contributed by atoms with Gasteiger partial charge in [0, 0.05) is 67.9 Å². The number of ether oxygens (including phenoxy) is 1. The van der Waals surface area contributed by atoms with Crippen molar-refractivity contribution in [2.24, 2.45) is 0 Å². The van der Waals surface area contributed by atoms with Crippen LogP contribution in [0.15, 0.2) is 66.7 Å². The molecule has 1 amide bonds. The third kappa shape index (κ3) is 5.41. The number of benzene rings is 3. The molecule has 1 aliphatic carbocycles. The Bertz CT molecular complexity index is 1280. The smallest absolute Gasteiger partial charge is 0.258 e. The van der Waals surface area contributed by atoms with Crippen LogP contribution in [0.25, 0.3) is 0 Å². The summed E-state index contributed by atoms with van der Waals surface area (Å²) in [6.45, 7) is 9.79. The van der Waals surface area contributed by atoms with Gasteiger partial charge in [-0.2, -0.15) is 0 Å². The van der Waals surface area contributed by atoms with Gasteiger partial charge in [-0.25, -0.2) is 0 Å². The zero-order valence-electron chi connectivity index (χ0n) is 23.3. The Kier molecular flexibility index (Phi) is 7.58. The van der Waals surface area contributed by atoms with Crippen LogP contribution in [0.3, 0.4) is 0 Å². The van der Waals surface area contributed by atoms with Crippen LogP contribution in [0.4, 0.5) is 17.1 Å². The monoisotopic (exact) mass is 524 g/mol. The zero-order valence-corrected chi connectivity index (χ0v) is 23.3. The van der Waals surface area contributed by atoms with E-state index >= 15 is 0 Å². The minimum Gasteiger partial charge on any atom is -0.378 e. The van der Waals surface area contributed by atoms with Crippen LogP contribution in [0, 0.1) is 6.92 Å². The van der Waals surface area contributed by atoms with E-state index < -0.39 is 0 Å². The van der Waals surface area contributed by atoms with Gasteiger partial charge in [0.15, 0.2) is 0 Å². The third-order valence-corrected chi connectivity index (χ3v) is 8.76. The molecule has 2 heterocycles. The van der Waals surface area contributed by atoms with Crippen LogP contribution in [-0.4, -0.2) is 76.4 Å². The molecule has 2 saturated heterocycles. The maximum atomic E-state index is 14.2. The Hall–Kier alpha value is -3.35. The van der Waals surface area contributed by atoms with Crippen molar-refractivity contribution < 1.29 is 9.53 Å². The van der Waals surface area contributed by atoms with Crippen molar-refractivity contribution in [3.63, 3.8) is 0 Å². The van der Waals surface area contributed by atoms with E-state index in [2.05, 4.69) is 70.0 Å². The second kappa shape index (κ2) is 11.4. The van der Waals surface area contributed by atoms with Gasteiger partial charge in [0.1, 0.15) is 0 Å². The van der Waals surface area contributed by atoms with Crippen molar-refractivity contribution in [1.29, 1.82) is 0 Å². The molecule has 3 aromatic rings. The van der Waals surface area contributed by atoms with Gasteiger partial charge in [-0.3, -0.25) is 4.79 Å². The molecule has 0 saturated carbocycles. The van der Waals surface area contributed by atoms with Gasteiger partial charge in [0.2, 0.25) is 0 Å². The van der Waals surface area contributed by atoms with Crippen molar-refractivity contribution in [3.8, 4) is 0 Å². The first-order valence-electron chi connectivity index (χ1n) is 14.4. The summed E-state index contributed by atoms with van der Waals surface area (Å²) in [7, 11) is 2.20. The topological polar surface area (TPSA) is 39.3 Å². The normalized spacial score (nSPS) is 20.0. The number of piperazine rings is 1. The van der Waals surface area contributed by atoms with Crippen molar-refractivity contribution in [1.82, 2.24) is 4.90 Å². The molecule has 0 radical (unpaired) electrons. The summed E-state index contributed by atoms with van der Waals surface area (Å²) < 4.78 is 5.51. The van der Waals surface area contributed by atoms with Crippen LogP contribution in [0.2, 0.25) is 0 Å².